The van der Waals surface area contributed by atoms with Gasteiger partial charge in [0.15, 0.2) is 0 Å². The zero-order valence-corrected chi connectivity index (χ0v) is 22.1. The smallest absolute Gasteiger partial charge is 0.248 e. The van der Waals surface area contributed by atoms with Gasteiger partial charge >= 0.3 is 0 Å². The molecule has 2 heterocycles. The molecule has 3 aromatic carbocycles. The predicted molar refractivity (Wildman–Crippen MR) is 152 cm³/mol. The molecule has 8 heteroatoms. The first-order chi connectivity index (χ1) is 18.4. The zero-order chi connectivity index (χ0) is 26.5. The molecule has 0 bridgehead atoms. The second-order valence-electron chi connectivity index (χ2n) is 9.05. The summed E-state index contributed by atoms with van der Waals surface area (Å²) in [5.74, 6) is 0.710. The Bertz CT molecular complexity index is 1440. The topological polar surface area (TPSA) is 48.7 Å². The van der Waals surface area contributed by atoms with E-state index in [1.807, 2.05) is 36.4 Å². The summed E-state index contributed by atoms with van der Waals surface area (Å²) in [6, 6.07) is 23.5. The van der Waals surface area contributed by atoms with Gasteiger partial charge in [-0.3, -0.25) is 9.69 Å². The van der Waals surface area contributed by atoms with Crippen LogP contribution in [0, 0.1) is 5.82 Å². The van der Waals surface area contributed by atoms with Gasteiger partial charge in [0.05, 0.1) is 5.02 Å². The Kier molecular flexibility index (Phi) is 8.13. The van der Waals surface area contributed by atoms with Crippen LogP contribution in [0.1, 0.15) is 11.3 Å². The van der Waals surface area contributed by atoms with Crippen molar-refractivity contribution in [2.24, 2.45) is 0 Å². The fourth-order valence-corrected chi connectivity index (χ4v) is 4.91. The van der Waals surface area contributed by atoms with E-state index >= 15 is 0 Å². The Morgan fingerprint density at radius 3 is 2.45 bits per heavy atom. The first-order valence-electron chi connectivity index (χ1n) is 12.3. The van der Waals surface area contributed by atoms with Crippen molar-refractivity contribution >= 4 is 46.6 Å². The van der Waals surface area contributed by atoms with E-state index < -0.39 is 0 Å². The van der Waals surface area contributed by atoms with E-state index in [9.17, 15) is 9.18 Å². The number of furan rings is 1. The lowest BCUT2D eigenvalue weighted by atomic mass is 10.1. The number of anilines is 2. The molecule has 5 rings (SSSR count). The summed E-state index contributed by atoms with van der Waals surface area (Å²) in [4.78, 5) is 17.0. The number of carbonyl (C=O) groups is 1. The van der Waals surface area contributed by atoms with Crippen LogP contribution in [-0.4, -0.2) is 37.0 Å². The molecule has 0 atom stereocenters. The fourth-order valence-electron chi connectivity index (χ4n) is 4.41. The van der Waals surface area contributed by atoms with E-state index in [0.29, 0.717) is 33.8 Å². The molecule has 1 amide bonds. The third-order valence-electron chi connectivity index (χ3n) is 6.45. The molecule has 1 aliphatic rings. The molecule has 1 saturated heterocycles. The molecule has 38 heavy (non-hydrogen) atoms. The average molecular weight is 550 g/mol. The Hall–Kier alpha value is -3.58. The quantitative estimate of drug-likeness (QED) is 0.244. The lowest BCUT2D eigenvalue weighted by molar-refractivity contribution is -0.111. The first-order valence-corrected chi connectivity index (χ1v) is 13.1. The van der Waals surface area contributed by atoms with Gasteiger partial charge in [0.25, 0.3) is 0 Å². The molecule has 1 fully saturated rings. The third kappa shape index (κ3) is 6.45. The molecule has 5 nitrogen and oxygen atoms in total. The van der Waals surface area contributed by atoms with Gasteiger partial charge in [-0.05, 0) is 66.7 Å². The van der Waals surface area contributed by atoms with Crippen molar-refractivity contribution in [2.45, 2.75) is 6.54 Å². The summed E-state index contributed by atoms with van der Waals surface area (Å²) in [6.45, 7) is 4.05. The second kappa shape index (κ2) is 11.9. The number of benzene rings is 3. The molecule has 0 radical (unpaired) electrons. The molecule has 1 aliphatic heterocycles. The number of hydrogen-bond acceptors (Lipinski definition) is 4. The number of amides is 1. The maximum Gasteiger partial charge on any atom is 0.248 e. The lowest BCUT2D eigenvalue weighted by Crippen LogP contribution is -2.46. The molecular weight excluding hydrogens is 524 g/mol. The van der Waals surface area contributed by atoms with Gasteiger partial charge in [0, 0.05) is 66.3 Å². The van der Waals surface area contributed by atoms with Gasteiger partial charge in [-0.1, -0.05) is 41.4 Å². The summed E-state index contributed by atoms with van der Waals surface area (Å²) in [5.41, 5.74) is 3.25. The Labute approximate surface area is 231 Å². The highest BCUT2D eigenvalue weighted by molar-refractivity contribution is 6.36. The molecule has 1 N–H and O–H groups in total. The van der Waals surface area contributed by atoms with E-state index in [1.54, 1.807) is 42.5 Å². The number of nitrogens with one attached hydrogen (secondary N) is 1. The van der Waals surface area contributed by atoms with Crippen LogP contribution in [0.4, 0.5) is 15.8 Å². The SMILES string of the molecule is O=C(/C=C/c1ccc(-c2ccc(Cl)cc2Cl)o1)Nc1ccc(N2CCN(Cc3ccccc3F)CC2)cc1. The number of halogens is 3. The Morgan fingerprint density at radius 1 is 0.947 bits per heavy atom. The number of hydrogen-bond donors (Lipinski definition) is 1. The highest BCUT2D eigenvalue weighted by atomic mass is 35.5. The minimum absolute atomic E-state index is 0.154. The number of piperazine rings is 1. The van der Waals surface area contributed by atoms with E-state index in [-0.39, 0.29) is 11.7 Å². The van der Waals surface area contributed by atoms with Crippen LogP contribution in [0.15, 0.2) is 89.4 Å². The van der Waals surface area contributed by atoms with Gasteiger partial charge < -0.3 is 14.6 Å². The van der Waals surface area contributed by atoms with E-state index in [4.69, 9.17) is 27.6 Å². The van der Waals surface area contributed by atoms with Crippen molar-refractivity contribution in [3.05, 3.63) is 112 Å². The van der Waals surface area contributed by atoms with Crippen LogP contribution in [0.5, 0.6) is 0 Å². The molecule has 0 aliphatic carbocycles. The monoisotopic (exact) mass is 549 g/mol. The van der Waals surface area contributed by atoms with E-state index in [1.165, 1.54) is 12.1 Å². The van der Waals surface area contributed by atoms with Gasteiger partial charge in [-0.15, -0.1) is 0 Å². The summed E-state index contributed by atoms with van der Waals surface area (Å²) in [6.07, 6.45) is 3.03. The second-order valence-corrected chi connectivity index (χ2v) is 9.89. The summed E-state index contributed by atoms with van der Waals surface area (Å²) < 4.78 is 19.8. The molecule has 194 valence electrons. The van der Waals surface area contributed by atoms with E-state index in [0.717, 1.165) is 43.0 Å². The molecule has 0 unspecified atom stereocenters. The van der Waals surface area contributed by atoms with Crippen LogP contribution < -0.4 is 10.2 Å². The summed E-state index contributed by atoms with van der Waals surface area (Å²) >= 11 is 12.2. The van der Waals surface area contributed by atoms with Crippen molar-refractivity contribution in [2.75, 3.05) is 36.4 Å². The van der Waals surface area contributed by atoms with Crippen molar-refractivity contribution < 1.29 is 13.6 Å². The van der Waals surface area contributed by atoms with Gasteiger partial charge in [-0.25, -0.2) is 4.39 Å². The highest BCUT2D eigenvalue weighted by Crippen LogP contribution is 2.31. The lowest BCUT2D eigenvalue weighted by Gasteiger charge is -2.36. The molecular formula is C30H26Cl2FN3O2. The minimum atomic E-state index is -0.262. The van der Waals surface area contributed by atoms with Crippen molar-refractivity contribution in [1.29, 1.82) is 0 Å². The van der Waals surface area contributed by atoms with E-state index in [2.05, 4.69) is 15.1 Å². The maximum absolute atomic E-state index is 14.0. The normalized spacial score (nSPS) is 14.2. The molecule has 0 spiro atoms. The summed E-state index contributed by atoms with van der Waals surface area (Å²) in [5, 5.41) is 3.91. The number of nitrogens with zero attached hydrogens (tertiary/aromatic N) is 2. The zero-order valence-electron chi connectivity index (χ0n) is 20.5. The van der Waals surface area contributed by atoms with Crippen LogP contribution >= 0.6 is 23.2 Å². The average Bonchev–Trinajstić information content (AvgIpc) is 3.38. The van der Waals surface area contributed by atoms with Crippen LogP contribution in [-0.2, 0) is 11.3 Å². The van der Waals surface area contributed by atoms with Gasteiger partial charge in [-0.2, -0.15) is 0 Å². The van der Waals surface area contributed by atoms with Crippen LogP contribution in [0.2, 0.25) is 10.0 Å². The van der Waals surface area contributed by atoms with Gasteiger partial charge in [0.1, 0.15) is 17.3 Å². The highest BCUT2D eigenvalue weighted by Gasteiger charge is 2.18. The number of carbonyl (C=O) groups excluding carboxylic acids is 1. The molecule has 4 aromatic rings. The van der Waals surface area contributed by atoms with Crippen molar-refractivity contribution in [3.63, 3.8) is 0 Å². The molecule has 1 aromatic heterocycles. The van der Waals surface area contributed by atoms with Crippen LogP contribution in [0.25, 0.3) is 17.4 Å². The molecule has 0 saturated carbocycles. The maximum atomic E-state index is 14.0. The summed E-state index contributed by atoms with van der Waals surface area (Å²) in [7, 11) is 0. The third-order valence-corrected chi connectivity index (χ3v) is 6.99. The Balaban J connectivity index is 1.12. The fraction of sp³-hybridized carbons (Fsp3) is 0.167. The standard InChI is InChI=1S/C30H26Cl2FN3O2/c31-22-5-12-26(27(32)19-22)29-13-10-25(38-29)11-14-30(37)34-23-6-8-24(9-7-23)36-17-15-35(16-18-36)20-21-3-1-2-4-28(21)33/h1-14,19H,15-18,20H2,(H,34,37)/b14-11+. The van der Waals surface area contributed by atoms with Gasteiger partial charge in [0.2, 0.25) is 5.91 Å². The predicted octanol–water partition coefficient (Wildman–Crippen LogP) is 7.37. The Morgan fingerprint density at radius 2 is 1.71 bits per heavy atom. The number of rotatable bonds is 7. The first kappa shape index (κ1) is 26.0. The minimum Gasteiger partial charge on any atom is -0.457 e. The van der Waals surface area contributed by atoms with Crippen molar-refractivity contribution in [3.8, 4) is 11.3 Å². The van der Waals surface area contributed by atoms with Crippen molar-refractivity contribution in [1.82, 2.24) is 4.90 Å². The van der Waals surface area contributed by atoms with Crippen LogP contribution in [0.3, 0.4) is 0 Å². The largest absolute Gasteiger partial charge is 0.457 e.